The van der Waals surface area contributed by atoms with Crippen molar-refractivity contribution >= 4 is 126 Å². The van der Waals surface area contributed by atoms with E-state index >= 15 is 0 Å². The molecule has 3 atom stereocenters. The zero-order chi connectivity index (χ0) is 70.2. The van der Waals surface area contributed by atoms with Gasteiger partial charge >= 0.3 is 23.9 Å². The van der Waals surface area contributed by atoms with Crippen molar-refractivity contribution in [3.8, 4) is 0 Å². The fourth-order valence-corrected chi connectivity index (χ4v) is 14.5. The van der Waals surface area contributed by atoms with Gasteiger partial charge in [0, 0.05) is 45.3 Å². The standard InChI is InChI=1S/C16H12ClN3O3.C16H13N3O3.C15H11N3O3.C10H10Br2O2.C6H4ClN3O.C6H15N.CH4/c1-23-14(21)8-2-3-9-5-16(6-10(9)4-8)11-12(17)18-7-19-13(11)20-15(16)22;1-22-14(20)9-2-3-10-5-16(6-11(10)4-9)12-7-17-8-18-13(12)19-15(16)21;19-13(20)8-1-2-9-4-15(5-10(9)3-8)11-6-16-7-17-12(11)18-14(15)21;1-14-10(13)7-2-3-8(5-11)9(4-7)6-12;7-5-3-1-4(11)10-6(3)9-2-8-5;1-4-7(5-2)6-3;/h2-4,7H,5-6H2,1H3,(H,18,19,20,22);2-4,7-8H,5-6H2,1H3,(H,17,18,19,21);1-3,6-7H,4-5H2,(H,19,20)(H,16,17,18,21);2-4H,5-6H2,1H3;2H,1H2,(H,8,9,10,11);4-6H2,1-3H3;1H4/t2*16-;15-;;;;/m111..../s1. The molecule has 514 valence electrons. The Morgan fingerprint density at radius 3 is 1.34 bits per heavy atom. The molecular weight excluding hydrogens is 1450 g/mol. The number of aromatic carboxylic acids is 1. The van der Waals surface area contributed by atoms with Crippen LogP contribution in [0.5, 0.6) is 0 Å². The second-order valence-electron chi connectivity index (χ2n) is 23.4. The molecule has 3 aliphatic carbocycles. The highest BCUT2D eigenvalue weighted by Gasteiger charge is 2.54. The van der Waals surface area contributed by atoms with Crippen LogP contribution in [0.25, 0.3) is 0 Å². The van der Waals surface area contributed by atoms with E-state index < -0.39 is 28.2 Å². The summed E-state index contributed by atoms with van der Waals surface area (Å²) >= 11 is 18.7. The maximum atomic E-state index is 12.6. The Hall–Kier alpha value is -9.54. The van der Waals surface area contributed by atoms with Gasteiger partial charge in [0.15, 0.2) is 0 Å². The zero-order valence-electron chi connectivity index (χ0n) is 53.9. The fourth-order valence-electron chi connectivity index (χ4n) is 13.0. The maximum Gasteiger partial charge on any atom is 0.337 e. The first kappa shape index (κ1) is 73.7. The zero-order valence-corrected chi connectivity index (χ0v) is 58.5. The molecule has 8 aromatic rings. The van der Waals surface area contributed by atoms with Gasteiger partial charge in [-0.15, -0.1) is 0 Å². The highest BCUT2D eigenvalue weighted by molar-refractivity contribution is 9.09. The van der Waals surface area contributed by atoms with E-state index in [1.54, 1.807) is 54.9 Å². The average Bonchev–Trinajstić information content (AvgIpc) is 1.57. The smallest absolute Gasteiger partial charge is 0.337 e. The number of esters is 3. The number of anilines is 4. The highest BCUT2D eigenvalue weighted by Crippen LogP contribution is 2.50. The molecule has 0 bridgehead atoms. The summed E-state index contributed by atoms with van der Waals surface area (Å²) in [7, 11) is 4.08. The molecule has 3 spiro atoms. The van der Waals surface area contributed by atoms with E-state index in [1.807, 2.05) is 30.3 Å². The fraction of sp³-hybridized carbons (Fsp3) is 0.314. The van der Waals surface area contributed by atoms with Gasteiger partial charge in [0.05, 0.1) is 66.2 Å². The number of nitrogens with one attached hydrogen (secondary N) is 4. The quantitative estimate of drug-likeness (QED) is 0.0388. The number of rotatable bonds is 9. The number of alkyl halides is 2. The third-order valence-corrected chi connectivity index (χ3v) is 20.0. The lowest BCUT2D eigenvalue weighted by Crippen LogP contribution is -2.35. The van der Waals surface area contributed by atoms with Crippen LogP contribution in [0, 0.1) is 0 Å². The topological polar surface area (TPSA) is 339 Å². The van der Waals surface area contributed by atoms with Crippen molar-refractivity contribution in [3.63, 3.8) is 0 Å². The van der Waals surface area contributed by atoms with Crippen LogP contribution in [-0.4, -0.2) is 138 Å². The molecule has 7 aliphatic rings. The number of carbonyl (C=O) groups excluding carboxylic acids is 7. The molecule has 0 fully saturated rings. The van der Waals surface area contributed by atoms with Gasteiger partial charge in [-0.25, -0.2) is 59.0 Å². The van der Waals surface area contributed by atoms with Gasteiger partial charge in [0.1, 0.15) is 58.9 Å². The Morgan fingerprint density at radius 2 is 0.889 bits per heavy atom. The van der Waals surface area contributed by atoms with E-state index in [0.29, 0.717) is 94.8 Å². The Balaban J connectivity index is 0.000000143. The number of fused-ring (bicyclic) bond motifs is 10. The van der Waals surface area contributed by atoms with E-state index in [-0.39, 0.29) is 60.1 Å². The van der Waals surface area contributed by atoms with Crippen LogP contribution in [0.3, 0.4) is 0 Å². The van der Waals surface area contributed by atoms with Crippen LogP contribution in [0.1, 0.15) is 136 Å². The van der Waals surface area contributed by atoms with E-state index in [2.05, 4.69) is 123 Å². The van der Waals surface area contributed by atoms with E-state index in [9.17, 15) is 38.4 Å². The summed E-state index contributed by atoms with van der Waals surface area (Å²) in [5.41, 5.74) is 10.8. The van der Waals surface area contributed by atoms with Crippen molar-refractivity contribution in [2.45, 2.75) is 100 Å². The Bertz CT molecular complexity index is 4500. The molecule has 29 heteroatoms. The Labute approximate surface area is 596 Å². The molecule has 4 amide bonds. The molecule has 0 unspecified atom stereocenters. The van der Waals surface area contributed by atoms with Crippen molar-refractivity contribution in [2.75, 3.05) is 62.2 Å². The van der Waals surface area contributed by atoms with Gasteiger partial charge in [-0.3, -0.25) is 19.2 Å². The Morgan fingerprint density at radius 1 is 0.495 bits per heavy atom. The predicted molar refractivity (Wildman–Crippen MR) is 376 cm³/mol. The SMILES string of the molecule is C.CCN(CC)CC.COC(=O)c1ccc(CBr)c(CBr)c1.COC(=O)c1ccc2c(c1)C[C@@]1(C2)C(=O)Nc2ncnc(Cl)c21.COC(=O)c1ccc2c(c1)C[C@@]1(C2)C(=O)Nc2ncncc21.O=C(O)c1ccc2c(c1)C[C@@]1(C2)C(=O)Nc2ncncc21.O=C1Cc2c(Cl)ncnc2N1. The molecule has 0 saturated heterocycles. The van der Waals surface area contributed by atoms with Crippen LogP contribution >= 0.6 is 55.1 Å². The first-order chi connectivity index (χ1) is 47.1. The van der Waals surface area contributed by atoms with E-state index in [0.717, 1.165) is 60.7 Å². The number of carboxylic acid groups (broad SMARTS) is 1. The van der Waals surface area contributed by atoms with Crippen molar-refractivity contribution in [3.05, 3.63) is 210 Å². The molecule has 8 heterocycles. The van der Waals surface area contributed by atoms with Crippen LogP contribution in [0.4, 0.5) is 23.3 Å². The minimum atomic E-state index is -0.960. The summed E-state index contributed by atoms with van der Waals surface area (Å²) in [6.07, 6.45) is 12.3. The third-order valence-electron chi connectivity index (χ3n) is 18.1. The van der Waals surface area contributed by atoms with Crippen LogP contribution in [0.2, 0.25) is 10.3 Å². The normalized spacial score (nSPS) is 18.1. The molecule has 15 rings (SSSR count). The van der Waals surface area contributed by atoms with Gasteiger partial charge in [-0.05, 0) is 151 Å². The molecule has 0 saturated carbocycles. The van der Waals surface area contributed by atoms with Gasteiger partial charge in [0.25, 0.3) is 0 Å². The van der Waals surface area contributed by atoms with Gasteiger partial charge in [0.2, 0.25) is 23.6 Å². The summed E-state index contributed by atoms with van der Waals surface area (Å²) in [5.74, 6) is -0.243. The van der Waals surface area contributed by atoms with Gasteiger partial charge < -0.3 is 45.5 Å². The second-order valence-corrected chi connectivity index (χ2v) is 25.3. The van der Waals surface area contributed by atoms with Crippen LogP contribution in [0.15, 0.2) is 110 Å². The molecule has 0 radical (unpaired) electrons. The largest absolute Gasteiger partial charge is 0.478 e. The summed E-state index contributed by atoms with van der Waals surface area (Å²) in [5, 5.41) is 22.2. The van der Waals surface area contributed by atoms with Crippen LogP contribution < -0.4 is 21.3 Å². The minimum Gasteiger partial charge on any atom is -0.478 e. The molecule has 99 heavy (non-hydrogen) atoms. The number of hydrogen-bond donors (Lipinski definition) is 5. The highest BCUT2D eigenvalue weighted by atomic mass is 79.9. The Kier molecular flexibility index (Phi) is 23.5. The van der Waals surface area contributed by atoms with Crippen molar-refractivity contribution < 1.29 is 57.7 Å². The number of benzene rings is 4. The number of carbonyl (C=O) groups is 8. The molecular formula is C70H69Br2Cl2N13O12. The minimum absolute atomic E-state index is 0. The van der Waals surface area contributed by atoms with Gasteiger partial charge in [-0.2, -0.15) is 0 Å². The number of ether oxygens (including phenoxy) is 3. The predicted octanol–water partition coefficient (Wildman–Crippen LogP) is 10.2. The van der Waals surface area contributed by atoms with E-state index in [4.69, 9.17) is 37.8 Å². The summed E-state index contributed by atoms with van der Waals surface area (Å²) < 4.78 is 14.1. The number of hydrogen-bond acceptors (Lipinski definition) is 20. The second kappa shape index (κ2) is 31.5. The number of aromatic nitrogens is 8. The monoisotopic (exact) mass is 1510 g/mol. The molecule has 25 nitrogen and oxygen atoms in total. The summed E-state index contributed by atoms with van der Waals surface area (Å²) in [4.78, 5) is 128. The van der Waals surface area contributed by atoms with Crippen molar-refractivity contribution in [1.82, 2.24) is 44.8 Å². The molecule has 4 aromatic carbocycles. The lowest BCUT2D eigenvalue weighted by molar-refractivity contribution is -0.121. The van der Waals surface area contributed by atoms with Gasteiger partial charge in [-0.1, -0.05) is 108 Å². The lowest BCUT2D eigenvalue weighted by atomic mass is 9.80. The first-order valence-corrected chi connectivity index (χ1v) is 33.8. The summed E-state index contributed by atoms with van der Waals surface area (Å²) in [6.45, 7) is 10.1. The molecule has 5 N–H and O–H groups in total. The number of halogens is 4. The number of nitrogens with zero attached hydrogens (tertiary/aromatic N) is 9. The average molecular weight is 1520 g/mol. The number of carboxylic acids is 1. The van der Waals surface area contributed by atoms with E-state index in [1.165, 1.54) is 71.8 Å². The lowest BCUT2D eigenvalue weighted by Gasteiger charge is -2.20. The number of methoxy groups -OCH3 is 3. The maximum absolute atomic E-state index is 12.6. The summed E-state index contributed by atoms with van der Waals surface area (Å²) in [6, 6.07) is 21.4. The first-order valence-electron chi connectivity index (χ1n) is 30.8. The number of amides is 4. The van der Waals surface area contributed by atoms with Crippen LogP contribution in [-0.2, 0) is 105 Å². The van der Waals surface area contributed by atoms with Crippen molar-refractivity contribution in [2.24, 2.45) is 0 Å². The third kappa shape index (κ3) is 14.9. The molecule has 4 aromatic heterocycles. The van der Waals surface area contributed by atoms with Crippen molar-refractivity contribution in [1.29, 1.82) is 0 Å². The molecule has 4 aliphatic heterocycles.